The van der Waals surface area contributed by atoms with Crippen molar-refractivity contribution < 1.29 is 18.3 Å². The normalized spacial score (nSPS) is 17.8. The Morgan fingerprint density at radius 2 is 2.05 bits per heavy atom. The van der Waals surface area contributed by atoms with Gasteiger partial charge in [-0.15, -0.1) is 11.6 Å². The van der Waals surface area contributed by atoms with Gasteiger partial charge < -0.3 is 10.1 Å². The van der Waals surface area contributed by atoms with Crippen molar-refractivity contribution >= 4 is 17.5 Å². The van der Waals surface area contributed by atoms with Crippen LogP contribution in [0.5, 0.6) is 0 Å². The van der Waals surface area contributed by atoms with Crippen LogP contribution in [-0.2, 0) is 16.0 Å². The van der Waals surface area contributed by atoms with Gasteiger partial charge in [-0.1, -0.05) is 12.1 Å². The van der Waals surface area contributed by atoms with Gasteiger partial charge in [0.1, 0.15) is 0 Å². The Hall–Kier alpha value is -1.20. The molecule has 1 aliphatic heterocycles. The lowest BCUT2D eigenvalue weighted by Crippen LogP contribution is -2.53. The maximum absolute atomic E-state index is 13.5. The van der Waals surface area contributed by atoms with Gasteiger partial charge in [-0.25, -0.2) is 8.78 Å². The third kappa shape index (κ3) is 3.46. The van der Waals surface area contributed by atoms with Crippen LogP contribution in [0.3, 0.4) is 0 Å². The van der Waals surface area contributed by atoms with Gasteiger partial charge in [0.25, 0.3) is 0 Å². The minimum absolute atomic E-state index is 0.0410. The van der Waals surface area contributed by atoms with E-state index < -0.39 is 17.2 Å². The number of carbonyl (C=O) groups is 1. The summed E-state index contributed by atoms with van der Waals surface area (Å²) in [6.07, 6.45) is 1.03. The van der Waals surface area contributed by atoms with Gasteiger partial charge in [0, 0.05) is 24.7 Å². The van der Waals surface area contributed by atoms with Crippen molar-refractivity contribution in [2.45, 2.75) is 24.8 Å². The molecule has 1 saturated heterocycles. The van der Waals surface area contributed by atoms with E-state index in [9.17, 15) is 13.6 Å². The Bertz CT molecular complexity index is 490. The highest BCUT2D eigenvalue weighted by atomic mass is 35.5. The van der Waals surface area contributed by atoms with E-state index in [1.165, 1.54) is 12.1 Å². The fourth-order valence-corrected chi connectivity index (χ4v) is 2.59. The zero-order valence-electron chi connectivity index (χ0n) is 10.9. The van der Waals surface area contributed by atoms with Crippen LogP contribution in [0.4, 0.5) is 8.78 Å². The molecule has 20 heavy (non-hydrogen) atoms. The second-order valence-corrected chi connectivity index (χ2v) is 5.23. The third-order valence-corrected chi connectivity index (χ3v) is 4.00. The SMILES string of the molecule is O=C(Cc1cccc(F)c1F)NC1(CCl)CCOCC1. The molecule has 0 aliphatic carbocycles. The van der Waals surface area contributed by atoms with Gasteiger partial charge >= 0.3 is 0 Å². The molecule has 110 valence electrons. The summed E-state index contributed by atoms with van der Waals surface area (Å²) in [4.78, 5) is 12.0. The van der Waals surface area contributed by atoms with E-state index in [4.69, 9.17) is 16.3 Å². The molecule has 3 nitrogen and oxygen atoms in total. The summed E-state index contributed by atoms with van der Waals surface area (Å²) >= 11 is 5.94. The van der Waals surface area contributed by atoms with Crippen molar-refractivity contribution in [2.75, 3.05) is 19.1 Å². The zero-order chi connectivity index (χ0) is 14.6. The minimum atomic E-state index is -0.977. The molecule has 0 bridgehead atoms. The third-order valence-electron chi connectivity index (χ3n) is 3.49. The monoisotopic (exact) mass is 303 g/mol. The molecule has 0 radical (unpaired) electrons. The average molecular weight is 304 g/mol. The molecular weight excluding hydrogens is 288 g/mol. The maximum atomic E-state index is 13.5. The van der Waals surface area contributed by atoms with Crippen LogP contribution in [0.15, 0.2) is 18.2 Å². The van der Waals surface area contributed by atoms with Crippen LogP contribution in [0.1, 0.15) is 18.4 Å². The van der Waals surface area contributed by atoms with Crippen molar-refractivity contribution in [3.8, 4) is 0 Å². The molecular formula is C14H16ClF2NO2. The topological polar surface area (TPSA) is 38.3 Å². The molecule has 1 aromatic rings. The average Bonchev–Trinajstić information content (AvgIpc) is 2.45. The maximum Gasteiger partial charge on any atom is 0.225 e. The quantitative estimate of drug-likeness (QED) is 0.868. The Balaban J connectivity index is 2.03. The Morgan fingerprint density at radius 1 is 1.35 bits per heavy atom. The number of amides is 1. The fraction of sp³-hybridized carbons (Fsp3) is 0.500. The van der Waals surface area contributed by atoms with Gasteiger partial charge in [0.05, 0.1) is 12.0 Å². The molecule has 0 unspecified atom stereocenters. The van der Waals surface area contributed by atoms with Gasteiger partial charge in [0.2, 0.25) is 5.91 Å². The highest BCUT2D eigenvalue weighted by Gasteiger charge is 2.33. The molecule has 1 aliphatic rings. The smallest absolute Gasteiger partial charge is 0.225 e. The number of hydrogen-bond donors (Lipinski definition) is 1. The van der Waals surface area contributed by atoms with Gasteiger partial charge in [-0.2, -0.15) is 0 Å². The van der Waals surface area contributed by atoms with Crippen molar-refractivity contribution in [2.24, 2.45) is 0 Å². The minimum Gasteiger partial charge on any atom is -0.381 e. The molecule has 1 fully saturated rings. The van der Waals surface area contributed by atoms with E-state index in [0.717, 1.165) is 6.07 Å². The van der Waals surface area contributed by atoms with E-state index in [1.807, 2.05) is 0 Å². The summed E-state index contributed by atoms with van der Waals surface area (Å²) in [6.45, 7) is 1.06. The highest BCUT2D eigenvalue weighted by Crippen LogP contribution is 2.22. The first kappa shape index (κ1) is 15.2. The number of carbonyl (C=O) groups excluding carboxylic acids is 1. The van der Waals surface area contributed by atoms with Crippen LogP contribution in [-0.4, -0.2) is 30.5 Å². The Morgan fingerprint density at radius 3 is 2.70 bits per heavy atom. The van der Waals surface area contributed by atoms with Crippen molar-refractivity contribution in [3.63, 3.8) is 0 Å². The fourth-order valence-electron chi connectivity index (χ4n) is 2.25. The predicted octanol–water partition coefficient (Wildman–Crippen LogP) is 2.41. The molecule has 0 aromatic heterocycles. The number of hydrogen-bond acceptors (Lipinski definition) is 2. The van der Waals surface area contributed by atoms with Crippen LogP contribution in [0.25, 0.3) is 0 Å². The second kappa shape index (κ2) is 6.50. The Labute approximate surface area is 121 Å². The molecule has 6 heteroatoms. The van der Waals surface area contributed by atoms with Crippen LogP contribution in [0, 0.1) is 11.6 Å². The predicted molar refractivity (Wildman–Crippen MR) is 71.7 cm³/mol. The summed E-state index contributed by atoms with van der Waals surface area (Å²) < 4.78 is 31.8. The molecule has 0 saturated carbocycles. The van der Waals surface area contributed by atoms with E-state index in [-0.39, 0.29) is 23.8 Å². The lowest BCUT2D eigenvalue weighted by Gasteiger charge is -2.36. The summed E-state index contributed by atoms with van der Waals surface area (Å²) in [5.74, 6) is -2.02. The van der Waals surface area contributed by atoms with Gasteiger partial charge in [-0.05, 0) is 18.9 Å². The summed E-state index contributed by atoms with van der Waals surface area (Å²) in [5.41, 5.74) is -0.472. The van der Waals surface area contributed by atoms with E-state index >= 15 is 0 Å². The number of alkyl halides is 1. The molecule has 1 amide bonds. The summed E-state index contributed by atoms with van der Waals surface area (Å²) in [6, 6.07) is 3.80. The molecule has 1 heterocycles. The van der Waals surface area contributed by atoms with Crippen molar-refractivity contribution in [1.82, 2.24) is 5.32 Å². The lowest BCUT2D eigenvalue weighted by atomic mass is 9.92. The summed E-state index contributed by atoms with van der Waals surface area (Å²) in [5, 5.41) is 2.84. The standard InChI is InChI=1S/C14H16ClF2NO2/c15-9-14(4-6-20-7-5-14)18-12(19)8-10-2-1-3-11(16)13(10)17/h1-3H,4-9H2,(H,18,19). The van der Waals surface area contributed by atoms with Crippen molar-refractivity contribution in [3.05, 3.63) is 35.4 Å². The number of rotatable bonds is 4. The summed E-state index contributed by atoms with van der Waals surface area (Å²) in [7, 11) is 0. The Kier molecular flexibility index (Phi) is 4.94. The molecule has 0 spiro atoms. The van der Waals surface area contributed by atoms with E-state index in [0.29, 0.717) is 26.1 Å². The molecule has 1 aromatic carbocycles. The van der Waals surface area contributed by atoms with Gasteiger partial charge in [-0.3, -0.25) is 4.79 Å². The van der Waals surface area contributed by atoms with Crippen LogP contribution < -0.4 is 5.32 Å². The van der Waals surface area contributed by atoms with Crippen LogP contribution >= 0.6 is 11.6 Å². The second-order valence-electron chi connectivity index (χ2n) is 4.96. The number of nitrogens with one attached hydrogen (secondary N) is 1. The number of benzene rings is 1. The molecule has 1 N–H and O–H groups in total. The number of halogens is 3. The largest absolute Gasteiger partial charge is 0.381 e. The first-order chi connectivity index (χ1) is 9.56. The van der Waals surface area contributed by atoms with E-state index in [2.05, 4.69) is 5.32 Å². The lowest BCUT2D eigenvalue weighted by molar-refractivity contribution is -0.123. The van der Waals surface area contributed by atoms with E-state index in [1.54, 1.807) is 0 Å². The first-order valence-electron chi connectivity index (χ1n) is 6.44. The van der Waals surface area contributed by atoms with Crippen LogP contribution in [0.2, 0.25) is 0 Å². The number of ether oxygens (including phenoxy) is 1. The first-order valence-corrected chi connectivity index (χ1v) is 6.97. The van der Waals surface area contributed by atoms with Gasteiger partial charge in [0.15, 0.2) is 11.6 Å². The van der Waals surface area contributed by atoms with Crippen molar-refractivity contribution in [1.29, 1.82) is 0 Å². The molecule has 0 atom stereocenters. The molecule has 2 rings (SSSR count). The zero-order valence-corrected chi connectivity index (χ0v) is 11.7. The highest BCUT2D eigenvalue weighted by molar-refractivity contribution is 6.18.